The Morgan fingerprint density at radius 1 is 1.42 bits per heavy atom. The molecule has 8 nitrogen and oxygen atoms in total. The molecule has 19 heavy (non-hydrogen) atoms. The maximum Gasteiger partial charge on any atom is 0.269 e. The van der Waals surface area contributed by atoms with E-state index in [0.717, 1.165) is 0 Å². The third-order valence-electron chi connectivity index (χ3n) is 2.39. The van der Waals surface area contributed by atoms with Crippen LogP contribution in [0.5, 0.6) is 0 Å². The molecule has 8 heteroatoms. The molecule has 0 saturated carbocycles. The quantitative estimate of drug-likeness (QED) is 0.648. The molecular weight excluding hydrogens is 252 g/mol. The Bertz CT molecular complexity index is 605. The van der Waals surface area contributed by atoms with E-state index in [4.69, 9.17) is 4.52 Å². The van der Waals surface area contributed by atoms with Crippen molar-refractivity contribution < 1.29 is 14.2 Å². The van der Waals surface area contributed by atoms with E-state index in [9.17, 15) is 14.9 Å². The van der Waals surface area contributed by atoms with Crippen molar-refractivity contribution in [1.82, 2.24) is 15.5 Å². The molecule has 1 N–H and O–H groups in total. The Labute approximate surface area is 107 Å². The predicted octanol–water partition coefficient (Wildman–Crippen LogP) is 0.933. The highest BCUT2D eigenvalue weighted by atomic mass is 16.6. The van der Waals surface area contributed by atoms with Gasteiger partial charge < -0.3 is 9.84 Å². The molecule has 0 atom stereocenters. The standard InChI is InChI=1S/C11H10N4O4/c1-12-10(16)6-9-13-11(19-14-9)7-2-4-8(5-3-7)15(17)18/h2-5H,6H2,1H3,(H,12,16). The van der Waals surface area contributed by atoms with Crippen LogP contribution < -0.4 is 5.32 Å². The summed E-state index contributed by atoms with van der Waals surface area (Å²) in [6.07, 6.45) is 0.0208. The first-order valence-electron chi connectivity index (χ1n) is 5.38. The van der Waals surface area contributed by atoms with Gasteiger partial charge in [-0.3, -0.25) is 14.9 Å². The van der Waals surface area contributed by atoms with Gasteiger partial charge in [-0.1, -0.05) is 5.16 Å². The summed E-state index contributed by atoms with van der Waals surface area (Å²) < 4.78 is 4.99. The summed E-state index contributed by atoms with van der Waals surface area (Å²) in [5, 5.41) is 16.6. The number of rotatable bonds is 4. The lowest BCUT2D eigenvalue weighted by atomic mass is 10.2. The summed E-state index contributed by atoms with van der Waals surface area (Å²) >= 11 is 0. The zero-order chi connectivity index (χ0) is 13.8. The average Bonchev–Trinajstić information content (AvgIpc) is 2.87. The van der Waals surface area contributed by atoms with Gasteiger partial charge in [-0.2, -0.15) is 4.98 Å². The summed E-state index contributed by atoms with van der Waals surface area (Å²) in [6.45, 7) is 0. The van der Waals surface area contributed by atoms with Gasteiger partial charge in [0, 0.05) is 24.7 Å². The van der Waals surface area contributed by atoms with Crippen LogP contribution in [0.4, 0.5) is 5.69 Å². The third kappa shape index (κ3) is 2.92. The highest BCUT2D eigenvalue weighted by molar-refractivity contribution is 5.77. The van der Waals surface area contributed by atoms with Crippen LogP contribution in [-0.4, -0.2) is 28.0 Å². The lowest BCUT2D eigenvalue weighted by Gasteiger charge is -1.94. The molecule has 0 spiro atoms. The zero-order valence-electron chi connectivity index (χ0n) is 9.99. The Balaban J connectivity index is 2.18. The molecule has 1 heterocycles. The van der Waals surface area contributed by atoms with Gasteiger partial charge >= 0.3 is 0 Å². The summed E-state index contributed by atoms with van der Waals surface area (Å²) in [4.78, 5) is 25.2. The molecule has 0 radical (unpaired) electrons. The first-order valence-corrected chi connectivity index (χ1v) is 5.38. The average molecular weight is 262 g/mol. The Morgan fingerprint density at radius 2 is 2.11 bits per heavy atom. The number of benzene rings is 1. The fraction of sp³-hybridized carbons (Fsp3) is 0.182. The van der Waals surface area contributed by atoms with Gasteiger partial charge in [0.2, 0.25) is 5.91 Å². The first-order chi connectivity index (χ1) is 9.10. The summed E-state index contributed by atoms with van der Waals surface area (Å²) in [5.74, 6) is 0.248. The van der Waals surface area contributed by atoms with E-state index in [-0.39, 0.29) is 29.7 Å². The summed E-state index contributed by atoms with van der Waals surface area (Å²) in [7, 11) is 1.51. The molecular formula is C11H10N4O4. The summed E-state index contributed by atoms with van der Waals surface area (Å²) in [5.41, 5.74) is 0.537. The fourth-order valence-corrected chi connectivity index (χ4v) is 1.40. The van der Waals surface area contributed by atoms with Crippen molar-refractivity contribution >= 4 is 11.6 Å². The molecule has 1 aromatic carbocycles. The van der Waals surface area contributed by atoms with Crippen molar-refractivity contribution in [3.63, 3.8) is 0 Å². The van der Waals surface area contributed by atoms with E-state index >= 15 is 0 Å². The highest BCUT2D eigenvalue weighted by Crippen LogP contribution is 2.20. The largest absolute Gasteiger partial charge is 0.359 e. The number of carbonyl (C=O) groups is 1. The minimum atomic E-state index is -0.491. The number of nitro groups is 1. The van der Waals surface area contributed by atoms with E-state index in [0.29, 0.717) is 5.56 Å². The van der Waals surface area contributed by atoms with Crippen LogP contribution in [-0.2, 0) is 11.2 Å². The second-order valence-corrected chi connectivity index (χ2v) is 3.67. The van der Waals surface area contributed by atoms with Crippen LogP contribution in [0.15, 0.2) is 28.8 Å². The second-order valence-electron chi connectivity index (χ2n) is 3.67. The smallest absolute Gasteiger partial charge is 0.269 e. The van der Waals surface area contributed by atoms with Crippen LogP contribution in [0.25, 0.3) is 11.5 Å². The van der Waals surface area contributed by atoms with Gasteiger partial charge in [0.25, 0.3) is 11.6 Å². The Hall–Kier alpha value is -2.77. The van der Waals surface area contributed by atoms with Crippen LogP contribution in [0, 0.1) is 10.1 Å². The summed E-state index contributed by atoms with van der Waals surface area (Å²) in [6, 6.07) is 5.71. The van der Waals surface area contributed by atoms with E-state index in [1.54, 1.807) is 0 Å². The number of hydrogen-bond acceptors (Lipinski definition) is 6. The molecule has 2 aromatic rings. The minimum absolute atomic E-state index is 0.0196. The molecule has 0 bridgehead atoms. The second kappa shape index (κ2) is 5.25. The van der Waals surface area contributed by atoms with Gasteiger partial charge in [0.05, 0.1) is 11.3 Å². The lowest BCUT2D eigenvalue weighted by molar-refractivity contribution is -0.384. The molecule has 1 amide bonds. The number of amides is 1. The molecule has 0 saturated heterocycles. The maximum absolute atomic E-state index is 11.1. The van der Waals surface area contributed by atoms with E-state index in [2.05, 4.69) is 15.5 Å². The molecule has 1 aromatic heterocycles. The molecule has 0 fully saturated rings. The number of hydrogen-bond donors (Lipinski definition) is 1. The number of aromatic nitrogens is 2. The van der Waals surface area contributed by atoms with Crippen LogP contribution in [0.3, 0.4) is 0 Å². The van der Waals surface area contributed by atoms with Crippen molar-refractivity contribution in [3.8, 4) is 11.5 Å². The molecule has 0 aliphatic heterocycles. The first kappa shape index (κ1) is 12.7. The molecule has 2 rings (SSSR count). The Kier molecular flexibility index (Phi) is 3.51. The fourth-order valence-electron chi connectivity index (χ4n) is 1.40. The predicted molar refractivity (Wildman–Crippen MR) is 64.2 cm³/mol. The van der Waals surface area contributed by atoms with Crippen molar-refractivity contribution in [2.75, 3.05) is 7.05 Å². The molecule has 0 aliphatic carbocycles. The SMILES string of the molecule is CNC(=O)Cc1noc(-c2ccc([N+](=O)[O-])cc2)n1. The maximum atomic E-state index is 11.1. The third-order valence-corrected chi connectivity index (χ3v) is 2.39. The number of nitrogens with one attached hydrogen (secondary N) is 1. The van der Waals surface area contributed by atoms with E-state index in [1.807, 2.05) is 0 Å². The van der Waals surface area contributed by atoms with Crippen LogP contribution in [0.2, 0.25) is 0 Å². The Morgan fingerprint density at radius 3 is 2.68 bits per heavy atom. The van der Waals surface area contributed by atoms with Crippen LogP contribution in [0.1, 0.15) is 5.82 Å². The monoisotopic (exact) mass is 262 g/mol. The number of nitrogens with zero attached hydrogens (tertiary/aromatic N) is 3. The number of likely N-dealkylation sites (N-methyl/N-ethyl adjacent to an activating group) is 1. The van der Waals surface area contributed by atoms with Gasteiger partial charge in [-0.15, -0.1) is 0 Å². The molecule has 0 aliphatic rings. The number of carbonyl (C=O) groups excluding carboxylic acids is 1. The van der Waals surface area contributed by atoms with Crippen LogP contribution >= 0.6 is 0 Å². The minimum Gasteiger partial charge on any atom is -0.359 e. The number of nitro benzene ring substituents is 1. The van der Waals surface area contributed by atoms with Gasteiger partial charge in [-0.25, -0.2) is 0 Å². The topological polar surface area (TPSA) is 111 Å². The van der Waals surface area contributed by atoms with Gasteiger partial charge in [-0.05, 0) is 12.1 Å². The van der Waals surface area contributed by atoms with Gasteiger partial charge in [0.1, 0.15) is 0 Å². The molecule has 98 valence electrons. The van der Waals surface area contributed by atoms with Crippen molar-refractivity contribution in [3.05, 3.63) is 40.2 Å². The van der Waals surface area contributed by atoms with Gasteiger partial charge in [0.15, 0.2) is 5.82 Å². The highest BCUT2D eigenvalue weighted by Gasteiger charge is 2.12. The van der Waals surface area contributed by atoms with E-state index < -0.39 is 4.92 Å². The zero-order valence-corrected chi connectivity index (χ0v) is 9.99. The van der Waals surface area contributed by atoms with Crippen molar-refractivity contribution in [2.24, 2.45) is 0 Å². The van der Waals surface area contributed by atoms with Crippen molar-refractivity contribution in [2.45, 2.75) is 6.42 Å². The number of non-ortho nitro benzene ring substituents is 1. The van der Waals surface area contributed by atoms with E-state index in [1.165, 1.54) is 31.3 Å². The lowest BCUT2D eigenvalue weighted by Crippen LogP contribution is -2.20. The normalized spacial score (nSPS) is 10.2. The van der Waals surface area contributed by atoms with Crippen molar-refractivity contribution in [1.29, 1.82) is 0 Å². The molecule has 0 unspecified atom stereocenters.